The molecule has 4 aliphatic carbocycles. The number of thioether (sulfide) groups is 2. The number of unbranched alkanes of at least 4 members (excludes halogenated alkanes) is 6. The van der Waals surface area contributed by atoms with Crippen LogP contribution in [0, 0.1) is 41.6 Å². The Morgan fingerprint density at radius 2 is 0.872 bits per heavy atom. The molecule has 0 atom stereocenters. The van der Waals surface area contributed by atoms with E-state index in [-0.39, 0.29) is 65.4 Å². The highest BCUT2D eigenvalue weighted by atomic mass is 32.2. The molecule has 2 aromatic carbocycles. The van der Waals surface area contributed by atoms with Crippen LogP contribution >= 0.6 is 23.5 Å². The minimum absolute atomic E-state index is 0.131. The van der Waals surface area contributed by atoms with Crippen molar-refractivity contribution < 1.29 is 66.7 Å². The Kier molecular flexibility index (Phi) is 24.0. The molecule has 16 nitrogen and oxygen atoms in total. The lowest BCUT2D eigenvalue weighted by Crippen LogP contribution is -2.33. The lowest BCUT2D eigenvalue weighted by Gasteiger charge is -2.31. The zero-order valence-electron chi connectivity index (χ0n) is 44.7. The van der Waals surface area contributed by atoms with Crippen LogP contribution in [0.5, 0.6) is 11.5 Å². The summed E-state index contributed by atoms with van der Waals surface area (Å²) in [6.07, 6.45) is 19.6. The zero-order valence-corrected chi connectivity index (χ0v) is 46.4. The zero-order chi connectivity index (χ0) is 55.2. The molecular weight excluding hydrogens is 1040 g/mol. The summed E-state index contributed by atoms with van der Waals surface area (Å²) in [5.41, 5.74) is -0.131. The van der Waals surface area contributed by atoms with Gasteiger partial charge in [0.2, 0.25) is 0 Å². The van der Waals surface area contributed by atoms with Gasteiger partial charge in [-0.05, 0) is 141 Å². The van der Waals surface area contributed by atoms with Crippen LogP contribution in [0.15, 0.2) is 69.3 Å². The number of nitrogens with zero attached hydrogens (tertiary/aromatic N) is 2. The van der Waals surface area contributed by atoms with Gasteiger partial charge in [-0.2, -0.15) is 0 Å². The Hall–Kier alpha value is -5.66. The van der Waals surface area contributed by atoms with Crippen LogP contribution in [0.4, 0.5) is 0 Å². The standard InChI is InChI=1S/C60H74N2O14S2/c1-4-50(63)71-36-14-8-6-12-34-69-43-26-30-45(31-27-43)73-56(65)39-18-22-41(23-19-39)58(67)75-52-47-16-10-11-17-48(47)53(55-54(52)77-60(78-55)49(38-61)62-3)76-59(68)42-24-20-40(21-25-42)57(66)74-46-32-28-44(29-33-46)70-35-13-7-9-15-37-72-51(64)5-2/h4-5,10-11,16-17,39-46H,1-2,6-9,12-15,18-37H2. The summed E-state index contributed by atoms with van der Waals surface area (Å²) in [7, 11) is 0. The molecular formula is C60H74N2O14S2. The van der Waals surface area contributed by atoms with Gasteiger partial charge in [0.25, 0.3) is 5.70 Å². The molecule has 0 N–H and O–H groups in total. The normalized spacial score (nSPS) is 23.8. The van der Waals surface area contributed by atoms with Crippen molar-refractivity contribution in [3.05, 3.63) is 70.9 Å². The van der Waals surface area contributed by atoms with E-state index in [0.29, 0.717) is 103 Å². The summed E-state index contributed by atoms with van der Waals surface area (Å²) in [6, 6.07) is 9.16. The van der Waals surface area contributed by atoms with Gasteiger partial charge in [-0.15, -0.1) is 0 Å². The molecule has 78 heavy (non-hydrogen) atoms. The maximum Gasteiger partial charge on any atom is 0.330 e. The van der Waals surface area contributed by atoms with Crippen LogP contribution in [-0.4, -0.2) is 86.7 Å². The Labute approximate surface area is 466 Å². The molecule has 0 saturated heterocycles. The van der Waals surface area contributed by atoms with E-state index in [4.69, 9.17) is 44.5 Å². The number of hydrogen-bond acceptors (Lipinski definition) is 17. The van der Waals surface area contributed by atoms with Crippen molar-refractivity contribution in [2.24, 2.45) is 23.7 Å². The predicted octanol–water partition coefficient (Wildman–Crippen LogP) is 12.4. The van der Waals surface area contributed by atoms with Crippen molar-refractivity contribution in [3.8, 4) is 17.6 Å². The molecule has 0 radical (unpaired) electrons. The van der Waals surface area contributed by atoms with Gasteiger partial charge in [-0.3, -0.25) is 19.2 Å². The average molecular weight is 1110 g/mol. The number of nitriles is 1. The number of hydrogen-bond donors (Lipinski definition) is 0. The molecule has 0 spiro atoms. The molecule has 18 heteroatoms. The SMILES string of the molecule is [C-]#[N+]C(C#N)=C1Sc2c(c(OC(=O)C3CCC(C(=O)OC4CCC(OCCCCCCOC(=O)C=C)CC4)CC3)c3ccccc3c2OC(=O)C2CCC(C(=O)OC3CCC(OCCCCCCOC(=O)C=C)CC3)CC2)S1. The molecule has 0 amide bonds. The molecule has 2 aromatic rings. The van der Waals surface area contributed by atoms with E-state index in [1.165, 1.54) is 12.2 Å². The van der Waals surface area contributed by atoms with E-state index in [9.17, 15) is 34.0 Å². The lowest BCUT2D eigenvalue weighted by atomic mass is 9.82. The smallest absolute Gasteiger partial charge is 0.330 e. The van der Waals surface area contributed by atoms with Crippen LogP contribution in [0.3, 0.4) is 0 Å². The Morgan fingerprint density at radius 3 is 1.22 bits per heavy atom. The highest BCUT2D eigenvalue weighted by Crippen LogP contribution is 2.62. The first kappa shape index (κ1) is 60.0. The van der Waals surface area contributed by atoms with Crippen molar-refractivity contribution in [1.82, 2.24) is 0 Å². The van der Waals surface area contributed by atoms with Gasteiger partial charge in [-0.1, -0.05) is 73.8 Å². The number of allylic oxidation sites excluding steroid dienone is 1. The highest BCUT2D eigenvalue weighted by Gasteiger charge is 2.39. The van der Waals surface area contributed by atoms with Crippen molar-refractivity contribution in [3.63, 3.8) is 0 Å². The first-order valence-corrected chi connectivity index (χ1v) is 29.7. The van der Waals surface area contributed by atoms with Crippen molar-refractivity contribution in [2.75, 3.05) is 26.4 Å². The molecule has 7 rings (SSSR count). The Balaban J connectivity index is 0.862. The van der Waals surface area contributed by atoms with Crippen LogP contribution in [-0.2, 0) is 57.2 Å². The number of ether oxygens (including phenoxy) is 8. The fourth-order valence-corrected chi connectivity index (χ4v) is 13.4. The minimum atomic E-state index is -0.473. The quantitative estimate of drug-likeness (QED) is 0.0163. The van der Waals surface area contributed by atoms with E-state index in [1.807, 2.05) is 6.07 Å². The third kappa shape index (κ3) is 17.4. The average Bonchev–Trinajstić information content (AvgIpc) is 4.12. The summed E-state index contributed by atoms with van der Waals surface area (Å²) < 4.78 is 47.2. The lowest BCUT2D eigenvalue weighted by molar-refractivity contribution is -0.160. The number of rotatable bonds is 26. The topological polar surface area (TPSA) is 204 Å². The molecule has 0 aromatic heterocycles. The first-order valence-electron chi connectivity index (χ1n) is 28.1. The van der Waals surface area contributed by atoms with Crippen molar-refractivity contribution in [2.45, 2.75) is 188 Å². The monoisotopic (exact) mass is 1110 g/mol. The predicted molar refractivity (Wildman–Crippen MR) is 292 cm³/mol. The second-order valence-corrected chi connectivity index (χ2v) is 23.1. The minimum Gasteiger partial charge on any atom is -0.463 e. The molecule has 5 aliphatic rings. The Morgan fingerprint density at radius 1 is 0.526 bits per heavy atom. The molecule has 1 aliphatic heterocycles. The van der Waals surface area contributed by atoms with E-state index >= 15 is 0 Å². The molecule has 4 saturated carbocycles. The van der Waals surface area contributed by atoms with Gasteiger partial charge < -0.3 is 37.9 Å². The summed E-state index contributed by atoms with van der Waals surface area (Å²) >= 11 is 2.28. The van der Waals surface area contributed by atoms with Gasteiger partial charge >= 0.3 is 35.8 Å². The molecule has 0 bridgehead atoms. The van der Waals surface area contributed by atoms with E-state index in [2.05, 4.69) is 18.0 Å². The van der Waals surface area contributed by atoms with Crippen LogP contribution in [0.25, 0.3) is 15.6 Å². The van der Waals surface area contributed by atoms with Crippen LogP contribution < -0.4 is 9.47 Å². The Bertz CT molecular complexity index is 2380. The third-order valence-electron chi connectivity index (χ3n) is 15.4. The van der Waals surface area contributed by atoms with Crippen LogP contribution in [0.1, 0.15) is 154 Å². The van der Waals surface area contributed by atoms with Gasteiger partial charge in [0, 0.05) is 36.1 Å². The second kappa shape index (κ2) is 31.2. The van der Waals surface area contributed by atoms with Crippen molar-refractivity contribution >= 4 is 70.1 Å². The molecule has 420 valence electrons. The number of carbonyl (C=O) groups is 6. The van der Waals surface area contributed by atoms with E-state index in [0.717, 1.165) is 126 Å². The first-order chi connectivity index (χ1) is 38.0. The van der Waals surface area contributed by atoms with Crippen LogP contribution in [0.2, 0.25) is 0 Å². The number of benzene rings is 2. The van der Waals surface area contributed by atoms with E-state index < -0.39 is 35.7 Å². The van der Waals surface area contributed by atoms with Crippen molar-refractivity contribution in [1.29, 1.82) is 5.26 Å². The number of fused-ring (bicyclic) bond motifs is 2. The summed E-state index contributed by atoms with van der Waals surface area (Å²) in [5, 5.41) is 11.0. The maximum absolute atomic E-state index is 14.1. The fourth-order valence-electron chi connectivity index (χ4n) is 10.9. The third-order valence-corrected chi connectivity index (χ3v) is 18.0. The maximum atomic E-state index is 14.1. The van der Waals surface area contributed by atoms with Gasteiger partial charge in [0.05, 0.1) is 75.8 Å². The number of carbonyl (C=O) groups excluding carboxylic acids is 6. The largest absolute Gasteiger partial charge is 0.463 e. The highest BCUT2D eigenvalue weighted by molar-refractivity contribution is 8.24. The molecule has 0 unspecified atom stereocenters. The summed E-state index contributed by atoms with van der Waals surface area (Å²) in [4.78, 5) is 81.6. The number of esters is 6. The summed E-state index contributed by atoms with van der Waals surface area (Å²) in [5.74, 6) is -3.20. The second-order valence-electron chi connectivity index (χ2n) is 20.8. The van der Waals surface area contributed by atoms with E-state index in [1.54, 1.807) is 24.3 Å². The van der Waals surface area contributed by atoms with Gasteiger partial charge in [0.1, 0.15) is 12.2 Å². The molecule has 1 heterocycles. The molecule has 4 fully saturated rings. The van der Waals surface area contributed by atoms with Gasteiger partial charge in [-0.25, -0.2) is 19.7 Å². The summed E-state index contributed by atoms with van der Waals surface area (Å²) in [6.45, 7) is 16.6. The fraction of sp³-hybridized carbons (Fsp3) is 0.600. The van der Waals surface area contributed by atoms with Gasteiger partial charge in [0.15, 0.2) is 11.5 Å².